The number of urea groups is 1. The lowest BCUT2D eigenvalue weighted by atomic mass is 10.5. The van der Waals surface area contributed by atoms with E-state index in [-0.39, 0.29) is 6.03 Å². The summed E-state index contributed by atoms with van der Waals surface area (Å²) < 4.78 is 1.01. The molecule has 0 saturated carbocycles. The first-order chi connectivity index (χ1) is 6.24. The minimum atomic E-state index is -0.345. The molecule has 1 aromatic heterocycles. The first kappa shape index (κ1) is 10.5. The molecule has 0 fully saturated rings. The number of rotatable bonds is 3. The maximum Gasteiger partial charge on any atom is 0.338 e. The van der Waals surface area contributed by atoms with E-state index in [1.165, 1.54) is 7.11 Å². The second-order valence-corrected chi connectivity index (χ2v) is 4.04. The van der Waals surface area contributed by atoms with Crippen LogP contribution in [0.2, 0.25) is 0 Å². The van der Waals surface area contributed by atoms with Crippen molar-refractivity contribution >= 4 is 33.3 Å². The molecule has 13 heavy (non-hydrogen) atoms. The van der Waals surface area contributed by atoms with Crippen LogP contribution in [0.15, 0.2) is 15.9 Å². The maximum atomic E-state index is 10.9. The van der Waals surface area contributed by atoms with E-state index in [1.807, 2.05) is 11.4 Å². The van der Waals surface area contributed by atoms with E-state index in [9.17, 15) is 4.79 Å². The molecule has 0 aliphatic heterocycles. The summed E-state index contributed by atoms with van der Waals surface area (Å²) in [7, 11) is 1.39. The van der Waals surface area contributed by atoms with Gasteiger partial charge >= 0.3 is 6.03 Å². The van der Waals surface area contributed by atoms with Gasteiger partial charge in [-0.15, -0.1) is 11.3 Å². The van der Waals surface area contributed by atoms with Gasteiger partial charge in [0.1, 0.15) is 0 Å². The fourth-order valence-corrected chi connectivity index (χ4v) is 2.17. The van der Waals surface area contributed by atoms with Gasteiger partial charge in [0.2, 0.25) is 0 Å². The van der Waals surface area contributed by atoms with Crippen LogP contribution in [0.1, 0.15) is 4.88 Å². The largest absolute Gasteiger partial charge is 0.338 e. The molecule has 0 atom stereocenters. The predicted octanol–water partition coefficient (Wildman–Crippen LogP) is 1.87. The molecule has 1 aromatic rings. The van der Waals surface area contributed by atoms with Crippen molar-refractivity contribution in [3.05, 3.63) is 20.8 Å². The molecule has 0 aliphatic rings. The van der Waals surface area contributed by atoms with Crippen LogP contribution in [-0.2, 0) is 11.4 Å². The quantitative estimate of drug-likeness (QED) is 0.820. The lowest BCUT2D eigenvalue weighted by molar-refractivity contribution is 0.107. The molecule has 0 saturated heterocycles. The Labute approximate surface area is 88.4 Å². The van der Waals surface area contributed by atoms with E-state index in [0.29, 0.717) is 6.54 Å². The zero-order valence-corrected chi connectivity index (χ0v) is 9.37. The average Bonchev–Trinajstić information content (AvgIpc) is 2.48. The van der Waals surface area contributed by atoms with Gasteiger partial charge in [0.15, 0.2) is 0 Å². The Morgan fingerprint density at radius 3 is 3.08 bits per heavy atom. The van der Waals surface area contributed by atoms with Crippen LogP contribution >= 0.6 is 27.3 Å². The Morgan fingerprint density at radius 1 is 1.77 bits per heavy atom. The van der Waals surface area contributed by atoms with Gasteiger partial charge in [0, 0.05) is 9.35 Å². The van der Waals surface area contributed by atoms with Crippen molar-refractivity contribution in [2.75, 3.05) is 7.11 Å². The van der Waals surface area contributed by atoms with Crippen molar-refractivity contribution in [3.63, 3.8) is 0 Å². The van der Waals surface area contributed by atoms with Crippen LogP contribution in [0, 0.1) is 0 Å². The van der Waals surface area contributed by atoms with Gasteiger partial charge < -0.3 is 5.32 Å². The lowest BCUT2D eigenvalue weighted by Crippen LogP contribution is -2.33. The molecule has 1 rings (SSSR count). The number of carbonyl (C=O) groups excluding carboxylic acids is 1. The Hall–Kier alpha value is -0.590. The van der Waals surface area contributed by atoms with Crippen molar-refractivity contribution in [2.45, 2.75) is 6.54 Å². The molecule has 0 spiro atoms. The zero-order valence-electron chi connectivity index (χ0n) is 6.96. The number of carbonyl (C=O) groups is 1. The summed E-state index contributed by atoms with van der Waals surface area (Å²) >= 11 is 4.94. The molecule has 4 nitrogen and oxygen atoms in total. The number of nitrogens with one attached hydrogen (secondary N) is 2. The predicted molar refractivity (Wildman–Crippen MR) is 54.4 cm³/mol. The molecular formula is C7H9BrN2O2S. The standard InChI is InChI=1S/C7H9BrN2O2S/c1-12-10-7(11)9-4-6-5(8)2-3-13-6/h2-3H,4H2,1H3,(H2,9,10,11). The first-order valence-electron chi connectivity index (χ1n) is 3.52. The molecular weight excluding hydrogens is 256 g/mol. The monoisotopic (exact) mass is 264 g/mol. The Morgan fingerprint density at radius 2 is 2.54 bits per heavy atom. The fourth-order valence-electron chi connectivity index (χ4n) is 0.741. The zero-order chi connectivity index (χ0) is 9.68. The summed E-state index contributed by atoms with van der Waals surface area (Å²) in [5, 5.41) is 4.59. The summed E-state index contributed by atoms with van der Waals surface area (Å²) in [6.07, 6.45) is 0. The van der Waals surface area contributed by atoms with Gasteiger partial charge in [0.05, 0.1) is 13.7 Å². The third kappa shape index (κ3) is 3.33. The van der Waals surface area contributed by atoms with Crippen LogP contribution in [0.5, 0.6) is 0 Å². The van der Waals surface area contributed by atoms with Crippen LogP contribution in [-0.4, -0.2) is 13.1 Å². The Kier molecular flexibility index (Phi) is 4.20. The van der Waals surface area contributed by atoms with Gasteiger partial charge in [-0.1, -0.05) is 0 Å². The molecule has 0 radical (unpaired) electrons. The highest BCUT2D eigenvalue weighted by Crippen LogP contribution is 2.21. The van der Waals surface area contributed by atoms with Crippen LogP contribution in [0.25, 0.3) is 0 Å². The number of thiophene rings is 1. The van der Waals surface area contributed by atoms with E-state index >= 15 is 0 Å². The third-order valence-corrected chi connectivity index (χ3v) is 3.22. The van der Waals surface area contributed by atoms with Crippen molar-refractivity contribution < 1.29 is 9.63 Å². The van der Waals surface area contributed by atoms with Crippen molar-refractivity contribution in [1.29, 1.82) is 0 Å². The Bertz CT molecular complexity index is 290. The van der Waals surface area contributed by atoms with Crippen molar-refractivity contribution in [2.24, 2.45) is 0 Å². The topological polar surface area (TPSA) is 50.4 Å². The highest BCUT2D eigenvalue weighted by atomic mass is 79.9. The van der Waals surface area contributed by atoms with Gasteiger partial charge in [0.25, 0.3) is 0 Å². The highest BCUT2D eigenvalue weighted by molar-refractivity contribution is 9.10. The van der Waals surface area contributed by atoms with E-state index < -0.39 is 0 Å². The molecule has 1 heterocycles. The third-order valence-electron chi connectivity index (χ3n) is 1.30. The normalized spacial score (nSPS) is 9.69. The second-order valence-electron chi connectivity index (χ2n) is 2.18. The van der Waals surface area contributed by atoms with Gasteiger partial charge in [-0.3, -0.25) is 4.84 Å². The summed E-state index contributed by atoms with van der Waals surface area (Å²) in [5.41, 5.74) is 2.17. The van der Waals surface area contributed by atoms with E-state index in [4.69, 9.17) is 0 Å². The Balaban J connectivity index is 2.35. The fraction of sp³-hybridized carbons (Fsp3) is 0.286. The van der Waals surface area contributed by atoms with Crippen molar-refractivity contribution in [1.82, 2.24) is 10.8 Å². The minimum Gasteiger partial charge on any atom is -0.331 e. The van der Waals surface area contributed by atoms with Gasteiger partial charge in [-0.2, -0.15) is 0 Å². The van der Waals surface area contributed by atoms with Crippen LogP contribution < -0.4 is 10.8 Å². The first-order valence-corrected chi connectivity index (χ1v) is 5.20. The molecule has 2 amide bonds. The highest BCUT2D eigenvalue weighted by Gasteiger charge is 2.03. The van der Waals surface area contributed by atoms with Crippen molar-refractivity contribution in [3.8, 4) is 0 Å². The van der Waals surface area contributed by atoms with Crippen LogP contribution in [0.3, 0.4) is 0 Å². The SMILES string of the molecule is CONC(=O)NCc1sccc1Br. The summed E-state index contributed by atoms with van der Waals surface area (Å²) in [6, 6.07) is 1.60. The molecule has 0 unspecified atom stereocenters. The molecule has 2 N–H and O–H groups in total. The number of halogens is 1. The molecule has 72 valence electrons. The number of hydroxylamine groups is 1. The van der Waals surface area contributed by atoms with E-state index in [0.717, 1.165) is 9.35 Å². The summed E-state index contributed by atoms with van der Waals surface area (Å²) in [6.45, 7) is 0.493. The average molecular weight is 265 g/mol. The smallest absolute Gasteiger partial charge is 0.331 e. The molecule has 6 heteroatoms. The lowest BCUT2D eigenvalue weighted by Gasteiger charge is -2.03. The maximum absolute atomic E-state index is 10.9. The van der Waals surface area contributed by atoms with E-state index in [2.05, 4.69) is 31.6 Å². The molecule has 0 bridgehead atoms. The molecule has 0 aliphatic carbocycles. The number of hydrogen-bond acceptors (Lipinski definition) is 3. The van der Waals surface area contributed by atoms with Gasteiger partial charge in [-0.25, -0.2) is 10.3 Å². The van der Waals surface area contributed by atoms with Gasteiger partial charge in [-0.05, 0) is 27.4 Å². The van der Waals surface area contributed by atoms with Crippen LogP contribution in [0.4, 0.5) is 4.79 Å². The summed E-state index contributed by atoms with van der Waals surface area (Å²) in [5.74, 6) is 0. The molecule has 0 aromatic carbocycles. The summed E-state index contributed by atoms with van der Waals surface area (Å²) in [4.78, 5) is 16.4. The number of amides is 2. The second kappa shape index (κ2) is 5.21. The minimum absolute atomic E-state index is 0.345. The van der Waals surface area contributed by atoms with E-state index in [1.54, 1.807) is 11.3 Å². The number of hydrogen-bond donors (Lipinski definition) is 2.